The Morgan fingerprint density at radius 2 is 2.14 bits per heavy atom. The van der Waals surface area contributed by atoms with E-state index in [1.807, 2.05) is 0 Å². The molecule has 0 aliphatic heterocycles. The van der Waals surface area contributed by atoms with Crippen molar-refractivity contribution >= 4 is 5.78 Å². The van der Waals surface area contributed by atoms with Gasteiger partial charge in [0.05, 0.1) is 6.10 Å². The molecule has 2 heteroatoms. The number of rotatable bonds is 0. The first kappa shape index (κ1) is 10.2. The maximum Gasteiger partial charge on any atom is 0.133 e. The summed E-state index contributed by atoms with van der Waals surface area (Å²) in [5, 5.41) is 9.95. The van der Waals surface area contributed by atoms with Crippen LogP contribution in [0.2, 0.25) is 0 Å². The molecule has 2 nitrogen and oxygen atoms in total. The lowest BCUT2D eigenvalue weighted by Crippen LogP contribution is -2.48. The lowest BCUT2D eigenvalue weighted by molar-refractivity contribution is -0.135. The largest absolute Gasteiger partial charge is 0.393 e. The van der Waals surface area contributed by atoms with Crippen molar-refractivity contribution in [2.45, 2.75) is 52.1 Å². The Hall–Kier alpha value is -0.370. The second-order valence-electron chi connectivity index (χ2n) is 5.40. The summed E-state index contributed by atoms with van der Waals surface area (Å²) in [5.41, 5.74) is 0.214. The Bertz CT molecular complexity index is 249. The number of aliphatic hydroxyl groups excluding tert-OH is 1. The molecule has 0 saturated heterocycles. The first-order chi connectivity index (χ1) is 6.54. The van der Waals surface area contributed by atoms with Crippen LogP contribution in [0.4, 0.5) is 0 Å². The van der Waals surface area contributed by atoms with Gasteiger partial charge >= 0.3 is 0 Å². The molecule has 0 spiro atoms. The summed E-state index contributed by atoms with van der Waals surface area (Å²) in [4.78, 5) is 11.4. The van der Waals surface area contributed by atoms with Crippen LogP contribution >= 0.6 is 0 Å². The van der Waals surface area contributed by atoms with Crippen molar-refractivity contribution in [3.05, 3.63) is 0 Å². The van der Waals surface area contributed by atoms with Crippen LogP contribution in [0, 0.1) is 17.3 Å². The summed E-state index contributed by atoms with van der Waals surface area (Å²) in [5.74, 6) is 1.23. The number of fused-ring (bicyclic) bond motifs is 1. The van der Waals surface area contributed by atoms with Crippen LogP contribution in [0.3, 0.4) is 0 Å². The number of carbonyl (C=O) groups excluding carboxylic acids is 1. The normalized spacial score (nSPS) is 48.8. The lowest BCUT2D eigenvalue weighted by Gasteiger charge is -2.51. The number of Topliss-reactive ketones (excluding diaryl/α,β-unsaturated/α-hetero) is 1. The zero-order valence-electron chi connectivity index (χ0n) is 9.12. The first-order valence-electron chi connectivity index (χ1n) is 5.74. The zero-order valence-corrected chi connectivity index (χ0v) is 9.12. The van der Waals surface area contributed by atoms with Gasteiger partial charge in [-0.1, -0.05) is 13.8 Å². The van der Waals surface area contributed by atoms with E-state index in [1.165, 1.54) is 0 Å². The Morgan fingerprint density at radius 1 is 1.43 bits per heavy atom. The third kappa shape index (κ3) is 1.40. The summed E-state index contributed by atoms with van der Waals surface area (Å²) < 4.78 is 0. The third-order valence-corrected chi connectivity index (χ3v) is 4.72. The minimum Gasteiger partial charge on any atom is -0.393 e. The maximum absolute atomic E-state index is 11.4. The van der Waals surface area contributed by atoms with E-state index < -0.39 is 0 Å². The molecule has 2 fully saturated rings. The molecule has 2 aliphatic rings. The van der Waals surface area contributed by atoms with Crippen LogP contribution in [-0.2, 0) is 4.79 Å². The molecule has 80 valence electrons. The maximum atomic E-state index is 11.4. The minimum atomic E-state index is -0.236. The molecule has 0 aromatic rings. The SMILES string of the molecule is CC1CCC(O)C2CC(=O)CCC12C. The van der Waals surface area contributed by atoms with Gasteiger partial charge in [-0.25, -0.2) is 0 Å². The van der Waals surface area contributed by atoms with Crippen molar-refractivity contribution in [2.75, 3.05) is 0 Å². The average molecular weight is 196 g/mol. The smallest absolute Gasteiger partial charge is 0.133 e. The number of hydrogen-bond donors (Lipinski definition) is 1. The molecule has 2 aliphatic carbocycles. The fraction of sp³-hybridized carbons (Fsp3) is 0.917. The van der Waals surface area contributed by atoms with Crippen LogP contribution in [0.5, 0.6) is 0 Å². The van der Waals surface area contributed by atoms with Crippen molar-refractivity contribution < 1.29 is 9.90 Å². The van der Waals surface area contributed by atoms with E-state index in [0.717, 1.165) is 25.7 Å². The van der Waals surface area contributed by atoms with Crippen molar-refractivity contribution in [1.29, 1.82) is 0 Å². The van der Waals surface area contributed by atoms with Crippen molar-refractivity contribution in [2.24, 2.45) is 17.3 Å². The van der Waals surface area contributed by atoms with Gasteiger partial charge in [-0.05, 0) is 36.5 Å². The van der Waals surface area contributed by atoms with Crippen molar-refractivity contribution in [1.82, 2.24) is 0 Å². The predicted octanol–water partition coefficient (Wildman–Crippen LogP) is 2.15. The molecular formula is C12H20O2. The fourth-order valence-electron chi connectivity index (χ4n) is 3.31. The van der Waals surface area contributed by atoms with Crippen LogP contribution in [0.15, 0.2) is 0 Å². The lowest BCUT2D eigenvalue weighted by atomic mass is 9.55. The Balaban J connectivity index is 2.24. The minimum absolute atomic E-state index is 0.214. The second-order valence-corrected chi connectivity index (χ2v) is 5.40. The number of aliphatic hydroxyl groups is 1. The molecule has 14 heavy (non-hydrogen) atoms. The second kappa shape index (κ2) is 3.34. The highest BCUT2D eigenvalue weighted by Crippen LogP contribution is 2.52. The van der Waals surface area contributed by atoms with Crippen molar-refractivity contribution in [3.63, 3.8) is 0 Å². The van der Waals surface area contributed by atoms with Gasteiger partial charge in [0.15, 0.2) is 0 Å². The molecule has 0 aromatic heterocycles. The molecule has 1 N–H and O–H groups in total. The topological polar surface area (TPSA) is 37.3 Å². The van der Waals surface area contributed by atoms with Gasteiger partial charge in [0, 0.05) is 12.8 Å². The summed E-state index contributed by atoms with van der Waals surface area (Å²) in [7, 11) is 0. The van der Waals surface area contributed by atoms with Gasteiger partial charge < -0.3 is 5.11 Å². The zero-order chi connectivity index (χ0) is 10.3. The quantitative estimate of drug-likeness (QED) is 0.644. The summed E-state index contributed by atoms with van der Waals surface area (Å²) in [6.07, 6.45) is 4.08. The fourth-order valence-corrected chi connectivity index (χ4v) is 3.31. The summed E-state index contributed by atoms with van der Waals surface area (Å²) >= 11 is 0. The van der Waals surface area contributed by atoms with Gasteiger partial charge in [0.2, 0.25) is 0 Å². The Morgan fingerprint density at radius 3 is 2.86 bits per heavy atom. The monoisotopic (exact) mass is 196 g/mol. The Kier molecular flexibility index (Phi) is 2.42. The molecule has 0 bridgehead atoms. The molecule has 4 atom stereocenters. The van der Waals surface area contributed by atoms with E-state index in [0.29, 0.717) is 18.1 Å². The van der Waals surface area contributed by atoms with E-state index in [9.17, 15) is 9.90 Å². The van der Waals surface area contributed by atoms with Gasteiger partial charge in [0.1, 0.15) is 5.78 Å². The predicted molar refractivity (Wildman–Crippen MR) is 54.9 cm³/mol. The molecular weight excluding hydrogens is 176 g/mol. The Labute approximate surface area is 85.7 Å². The molecule has 0 aromatic carbocycles. The van der Waals surface area contributed by atoms with E-state index in [2.05, 4.69) is 13.8 Å². The number of ketones is 1. The molecule has 2 rings (SSSR count). The molecule has 2 saturated carbocycles. The summed E-state index contributed by atoms with van der Waals surface area (Å²) in [6, 6.07) is 0. The third-order valence-electron chi connectivity index (χ3n) is 4.72. The molecule has 0 radical (unpaired) electrons. The van der Waals surface area contributed by atoms with Crippen LogP contribution in [0.1, 0.15) is 46.0 Å². The van der Waals surface area contributed by atoms with Crippen molar-refractivity contribution in [3.8, 4) is 0 Å². The molecule has 0 heterocycles. The van der Waals surface area contributed by atoms with E-state index in [4.69, 9.17) is 0 Å². The van der Waals surface area contributed by atoms with Gasteiger partial charge in [-0.3, -0.25) is 4.79 Å². The van der Waals surface area contributed by atoms with Gasteiger partial charge in [-0.2, -0.15) is 0 Å². The van der Waals surface area contributed by atoms with Gasteiger partial charge in [-0.15, -0.1) is 0 Å². The first-order valence-corrected chi connectivity index (χ1v) is 5.74. The number of hydrogen-bond acceptors (Lipinski definition) is 2. The molecule has 0 amide bonds. The van der Waals surface area contributed by atoms with E-state index in [1.54, 1.807) is 0 Å². The molecule has 4 unspecified atom stereocenters. The average Bonchev–Trinajstić information content (AvgIpc) is 2.16. The van der Waals surface area contributed by atoms with Crippen LogP contribution < -0.4 is 0 Å². The standard InChI is InChI=1S/C12H20O2/c1-8-3-4-11(14)10-7-9(13)5-6-12(8,10)2/h8,10-11,14H,3-7H2,1-2H3. The highest BCUT2D eigenvalue weighted by Gasteiger charge is 2.48. The highest BCUT2D eigenvalue weighted by atomic mass is 16.3. The number of carbonyl (C=O) groups is 1. The highest BCUT2D eigenvalue weighted by molar-refractivity contribution is 5.79. The van der Waals surface area contributed by atoms with E-state index >= 15 is 0 Å². The van der Waals surface area contributed by atoms with Crippen LogP contribution in [0.25, 0.3) is 0 Å². The van der Waals surface area contributed by atoms with Crippen LogP contribution in [-0.4, -0.2) is 17.0 Å². The van der Waals surface area contributed by atoms with Gasteiger partial charge in [0.25, 0.3) is 0 Å². The van der Waals surface area contributed by atoms with E-state index in [-0.39, 0.29) is 17.4 Å². The summed E-state index contributed by atoms with van der Waals surface area (Å²) in [6.45, 7) is 4.53.